The average molecular weight is 330 g/mol. The minimum Gasteiger partial charge on any atom is -1.00 e. The molecule has 1 heterocycles. The number of imidazole rings is 1. The molecule has 122 valence electrons. The molecule has 0 amide bonds. The summed E-state index contributed by atoms with van der Waals surface area (Å²) in [6.07, 6.45) is 1.93. The number of aryl methyl sites for hydroxylation is 3. The fraction of sp³-hybridized carbons (Fsp3) is 0.316. The first-order chi connectivity index (χ1) is 10.8. The summed E-state index contributed by atoms with van der Waals surface area (Å²) in [5, 5.41) is 0. The SMILES string of the molecule is CCc1nc2ccccc2n1CCCOc1ccc(C)cc1.[Cl-]. The van der Waals surface area contributed by atoms with Crippen LogP contribution < -0.4 is 17.1 Å². The number of aromatic nitrogens is 2. The van der Waals surface area contributed by atoms with Gasteiger partial charge in [0.1, 0.15) is 11.6 Å². The van der Waals surface area contributed by atoms with Gasteiger partial charge in [0.2, 0.25) is 0 Å². The number of hydrogen-bond donors (Lipinski definition) is 0. The van der Waals surface area contributed by atoms with Crippen LogP contribution in [0.1, 0.15) is 24.7 Å². The lowest BCUT2D eigenvalue weighted by atomic mass is 10.2. The molecule has 3 aromatic rings. The van der Waals surface area contributed by atoms with Crippen molar-refractivity contribution in [3.63, 3.8) is 0 Å². The van der Waals surface area contributed by atoms with Crippen molar-refractivity contribution in [1.82, 2.24) is 9.55 Å². The molecule has 0 radical (unpaired) electrons. The molecular formula is C19H22ClN2O-. The number of para-hydroxylation sites is 2. The maximum atomic E-state index is 5.81. The highest BCUT2D eigenvalue weighted by Crippen LogP contribution is 2.17. The van der Waals surface area contributed by atoms with Gasteiger partial charge < -0.3 is 21.7 Å². The lowest BCUT2D eigenvalue weighted by Gasteiger charge is -2.09. The molecule has 0 fully saturated rings. The Balaban J connectivity index is 0.00000192. The Bertz CT molecular complexity index is 750. The molecule has 0 spiro atoms. The standard InChI is InChI=1S/C19H22N2O.ClH/c1-3-19-20-17-7-4-5-8-18(17)21(19)13-6-14-22-16-11-9-15(2)10-12-16;/h4-5,7-12H,3,6,13-14H2,1-2H3;1H/p-1. The summed E-state index contributed by atoms with van der Waals surface area (Å²) in [6, 6.07) is 16.5. The van der Waals surface area contributed by atoms with Crippen molar-refractivity contribution in [2.24, 2.45) is 0 Å². The van der Waals surface area contributed by atoms with Crippen LogP contribution in [0.5, 0.6) is 5.75 Å². The van der Waals surface area contributed by atoms with Crippen LogP contribution in [-0.4, -0.2) is 16.2 Å². The van der Waals surface area contributed by atoms with E-state index in [1.54, 1.807) is 0 Å². The van der Waals surface area contributed by atoms with Crippen molar-refractivity contribution in [3.8, 4) is 5.75 Å². The van der Waals surface area contributed by atoms with Crippen LogP contribution in [0.25, 0.3) is 11.0 Å². The van der Waals surface area contributed by atoms with Crippen molar-refractivity contribution in [2.75, 3.05) is 6.61 Å². The summed E-state index contributed by atoms with van der Waals surface area (Å²) in [5.41, 5.74) is 3.55. The molecule has 0 bridgehead atoms. The lowest BCUT2D eigenvalue weighted by molar-refractivity contribution is -0.00000516. The molecule has 0 saturated heterocycles. The van der Waals surface area contributed by atoms with E-state index in [9.17, 15) is 0 Å². The van der Waals surface area contributed by atoms with E-state index in [-0.39, 0.29) is 12.4 Å². The van der Waals surface area contributed by atoms with Crippen molar-refractivity contribution < 1.29 is 17.1 Å². The van der Waals surface area contributed by atoms with Crippen LogP contribution in [0.2, 0.25) is 0 Å². The first-order valence-electron chi connectivity index (χ1n) is 7.91. The monoisotopic (exact) mass is 329 g/mol. The molecule has 0 unspecified atom stereocenters. The third-order valence-corrected chi connectivity index (χ3v) is 3.87. The van der Waals surface area contributed by atoms with Gasteiger partial charge in [-0.2, -0.15) is 0 Å². The van der Waals surface area contributed by atoms with E-state index in [4.69, 9.17) is 9.72 Å². The summed E-state index contributed by atoms with van der Waals surface area (Å²) in [5.74, 6) is 2.09. The molecule has 3 nitrogen and oxygen atoms in total. The first kappa shape index (κ1) is 17.4. The highest BCUT2D eigenvalue weighted by molar-refractivity contribution is 5.75. The zero-order chi connectivity index (χ0) is 15.4. The molecule has 4 heteroatoms. The summed E-state index contributed by atoms with van der Waals surface area (Å²) in [6.45, 7) is 5.90. The second-order valence-electron chi connectivity index (χ2n) is 5.54. The number of fused-ring (bicyclic) bond motifs is 1. The van der Waals surface area contributed by atoms with Crippen LogP contribution in [-0.2, 0) is 13.0 Å². The zero-order valence-corrected chi connectivity index (χ0v) is 14.4. The normalized spacial score (nSPS) is 10.5. The fourth-order valence-electron chi connectivity index (χ4n) is 2.69. The number of nitrogens with zero attached hydrogens (tertiary/aromatic N) is 2. The van der Waals surface area contributed by atoms with E-state index in [0.29, 0.717) is 0 Å². The third kappa shape index (κ3) is 4.05. The van der Waals surface area contributed by atoms with Crippen molar-refractivity contribution in [3.05, 3.63) is 59.9 Å². The minimum atomic E-state index is 0. The van der Waals surface area contributed by atoms with Crippen LogP contribution in [0.4, 0.5) is 0 Å². The molecule has 1 aromatic heterocycles. The molecule has 2 aromatic carbocycles. The highest BCUT2D eigenvalue weighted by atomic mass is 35.5. The van der Waals surface area contributed by atoms with Crippen LogP contribution in [0.3, 0.4) is 0 Å². The number of hydrogen-bond acceptors (Lipinski definition) is 2. The van der Waals surface area contributed by atoms with E-state index in [1.165, 1.54) is 11.1 Å². The van der Waals surface area contributed by atoms with Crippen LogP contribution in [0, 0.1) is 6.92 Å². The number of ether oxygens (including phenoxy) is 1. The van der Waals surface area contributed by atoms with Gasteiger partial charge >= 0.3 is 0 Å². The van der Waals surface area contributed by atoms with E-state index in [0.717, 1.165) is 43.1 Å². The summed E-state index contributed by atoms with van der Waals surface area (Å²) < 4.78 is 8.12. The Hall–Kier alpha value is -2.00. The number of rotatable bonds is 6. The van der Waals surface area contributed by atoms with Gasteiger partial charge in [-0.3, -0.25) is 0 Å². The molecule has 0 aliphatic rings. The van der Waals surface area contributed by atoms with Gasteiger partial charge in [0.05, 0.1) is 17.6 Å². The van der Waals surface area contributed by atoms with Gasteiger partial charge in [-0.1, -0.05) is 36.8 Å². The summed E-state index contributed by atoms with van der Waals surface area (Å²) >= 11 is 0. The topological polar surface area (TPSA) is 27.1 Å². The number of benzene rings is 2. The smallest absolute Gasteiger partial charge is 0.119 e. The zero-order valence-electron chi connectivity index (χ0n) is 13.6. The maximum Gasteiger partial charge on any atom is 0.119 e. The first-order valence-corrected chi connectivity index (χ1v) is 7.91. The van der Waals surface area contributed by atoms with E-state index in [2.05, 4.69) is 48.7 Å². The molecule has 0 atom stereocenters. The third-order valence-electron chi connectivity index (χ3n) is 3.87. The molecule has 3 rings (SSSR count). The van der Waals surface area contributed by atoms with Crippen LogP contribution in [0.15, 0.2) is 48.5 Å². The largest absolute Gasteiger partial charge is 1.00 e. The Labute approximate surface area is 143 Å². The summed E-state index contributed by atoms with van der Waals surface area (Å²) in [7, 11) is 0. The predicted molar refractivity (Wildman–Crippen MR) is 90.4 cm³/mol. The second-order valence-corrected chi connectivity index (χ2v) is 5.54. The second kappa shape index (κ2) is 8.02. The van der Waals surface area contributed by atoms with Gasteiger partial charge in [0, 0.05) is 13.0 Å². The van der Waals surface area contributed by atoms with E-state index in [1.807, 2.05) is 18.2 Å². The Morgan fingerprint density at radius 1 is 1.04 bits per heavy atom. The summed E-state index contributed by atoms with van der Waals surface area (Å²) in [4.78, 5) is 4.70. The maximum absolute atomic E-state index is 5.81. The molecule has 0 aliphatic heterocycles. The van der Waals surface area contributed by atoms with Crippen molar-refractivity contribution >= 4 is 11.0 Å². The van der Waals surface area contributed by atoms with Crippen molar-refractivity contribution in [1.29, 1.82) is 0 Å². The fourth-order valence-corrected chi connectivity index (χ4v) is 2.69. The van der Waals surface area contributed by atoms with E-state index >= 15 is 0 Å². The highest BCUT2D eigenvalue weighted by Gasteiger charge is 2.08. The molecular weight excluding hydrogens is 308 g/mol. The predicted octanol–water partition coefficient (Wildman–Crippen LogP) is 1.38. The van der Waals surface area contributed by atoms with E-state index < -0.39 is 0 Å². The number of halogens is 1. The average Bonchev–Trinajstić information content (AvgIpc) is 2.91. The van der Waals surface area contributed by atoms with Gasteiger partial charge in [-0.25, -0.2) is 4.98 Å². The minimum absolute atomic E-state index is 0. The lowest BCUT2D eigenvalue weighted by Crippen LogP contribution is -3.00. The van der Waals surface area contributed by atoms with Gasteiger partial charge in [0.15, 0.2) is 0 Å². The molecule has 0 saturated carbocycles. The molecule has 0 aliphatic carbocycles. The Kier molecular flexibility index (Phi) is 6.05. The quantitative estimate of drug-likeness (QED) is 0.639. The molecule has 0 N–H and O–H groups in total. The van der Waals surface area contributed by atoms with Gasteiger partial charge in [0.25, 0.3) is 0 Å². The molecule has 23 heavy (non-hydrogen) atoms. The Morgan fingerprint density at radius 3 is 2.52 bits per heavy atom. The van der Waals surface area contributed by atoms with Gasteiger partial charge in [-0.05, 0) is 37.6 Å². The van der Waals surface area contributed by atoms with Crippen LogP contribution >= 0.6 is 0 Å². The van der Waals surface area contributed by atoms with Crippen molar-refractivity contribution in [2.45, 2.75) is 33.2 Å². The Morgan fingerprint density at radius 2 is 1.78 bits per heavy atom. The van der Waals surface area contributed by atoms with Gasteiger partial charge in [-0.15, -0.1) is 0 Å².